The van der Waals surface area contributed by atoms with Gasteiger partial charge < -0.3 is 19.9 Å². The summed E-state index contributed by atoms with van der Waals surface area (Å²) in [6.45, 7) is 0.853. The van der Waals surface area contributed by atoms with Crippen molar-refractivity contribution >= 4 is 40.4 Å². The predicted molar refractivity (Wildman–Crippen MR) is 124 cm³/mol. The van der Waals surface area contributed by atoms with Crippen LogP contribution in [0.2, 0.25) is 0 Å². The second-order valence-corrected chi connectivity index (χ2v) is 7.96. The molecule has 0 aliphatic carbocycles. The van der Waals surface area contributed by atoms with Gasteiger partial charge in [-0.15, -0.1) is 0 Å². The number of methoxy groups -OCH3 is 1. The van der Waals surface area contributed by atoms with Crippen LogP contribution in [0, 0.1) is 4.77 Å². The topological polar surface area (TPSA) is 79.4 Å². The van der Waals surface area contributed by atoms with Crippen LogP contribution in [0.3, 0.4) is 0 Å². The van der Waals surface area contributed by atoms with Crippen LogP contribution in [0.25, 0.3) is 10.9 Å². The molecule has 7 nitrogen and oxygen atoms in total. The highest BCUT2D eigenvalue weighted by Gasteiger charge is 2.31. The predicted octanol–water partition coefficient (Wildman–Crippen LogP) is 4.43. The van der Waals surface area contributed by atoms with Gasteiger partial charge in [0, 0.05) is 39.9 Å². The summed E-state index contributed by atoms with van der Waals surface area (Å²) in [5, 5.41) is 2.88. The second kappa shape index (κ2) is 9.75. The lowest BCUT2D eigenvalue weighted by Crippen LogP contribution is -2.23. The molecule has 1 amide bonds. The smallest absolute Gasteiger partial charge is 0.385 e. The number of anilines is 2. The number of fused-ring (bicyclic) bond motifs is 1. The molecule has 2 N–H and O–H groups in total. The minimum Gasteiger partial charge on any atom is -0.385 e. The first-order valence-electron chi connectivity index (χ1n) is 9.98. The third-order valence-corrected chi connectivity index (χ3v) is 5.35. The number of hydrogen-bond donors (Lipinski definition) is 2. The number of benzene rings is 2. The number of rotatable bonds is 7. The number of carbonyl (C=O) groups is 1. The molecule has 0 unspecified atom stereocenters. The quantitative estimate of drug-likeness (QED) is 0.386. The van der Waals surface area contributed by atoms with Gasteiger partial charge in [0.2, 0.25) is 0 Å². The summed E-state index contributed by atoms with van der Waals surface area (Å²) in [4.78, 5) is 30.2. The number of nitrogens with one attached hydrogen (secondary N) is 2. The summed E-state index contributed by atoms with van der Waals surface area (Å²) in [6.07, 6.45) is -3.95. The molecule has 176 valence electrons. The Morgan fingerprint density at radius 2 is 1.94 bits per heavy atom. The number of aromatic amines is 1. The maximum absolute atomic E-state index is 13.2. The van der Waals surface area contributed by atoms with Crippen LogP contribution in [-0.4, -0.2) is 43.3 Å². The molecular formula is C22H23F3N4O3S. The van der Waals surface area contributed by atoms with Crippen molar-refractivity contribution in [2.75, 3.05) is 38.0 Å². The average molecular weight is 481 g/mol. The summed E-state index contributed by atoms with van der Waals surface area (Å²) < 4.78 is 46.1. The van der Waals surface area contributed by atoms with Crippen LogP contribution in [-0.2, 0) is 17.5 Å². The largest absolute Gasteiger partial charge is 0.416 e. The molecule has 0 aliphatic rings. The molecule has 0 fully saturated rings. The lowest BCUT2D eigenvalue weighted by molar-refractivity contribution is -0.137. The van der Waals surface area contributed by atoms with Crippen molar-refractivity contribution in [3.63, 3.8) is 0 Å². The Labute approximate surface area is 192 Å². The molecule has 0 aliphatic heterocycles. The molecule has 3 rings (SSSR count). The van der Waals surface area contributed by atoms with Crippen LogP contribution in [0.5, 0.6) is 0 Å². The average Bonchev–Trinajstić information content (AvgIpc) is 2.74. The first-order chi connectivity index (χ1) is 15.5. The lowest BCUT2D eigenvalue weighted by Gasteiger charge is -2.20. The summed E-state index contributed by atoms with van der Waals surface area (Å²) in [6, 6.07) is 7.52. The van der Waals surface area contributed by atoms with Gasteiger partial charge in [-0.2, -0.15) is 13.2 Å². The summed E-state index contributed by atoms with van der Waals surface area (Å²) in [5.74, 6) is -0.622. The fraction of sp³-hybridized carbons (Fsp3) is 0.318. The number of H-pyrrole nitrogens is 1. The number of alkyl halides is 3. The van der Waals surface area contributed by atoms with E-state index in [4.69, 9.17) is 17.0 Å². The van der Waals surface area contributed by atoms with E-state index in [1.807, 2.05) is 0 Å². The summed E-state index contributed by atoms with van der Waals surface area (Å²) >= 11 is 5.28. The minimum atomic E-state index is -4.55. The zero-order valence-corrected chi connectivity index (χ0v) is 19.1. The maximum atomic E-state index is 13.2. The van der Waals surface area contributed by atoms with Crippen molar-refractivity contribution in [3.8, 4) is 0 Å². The highest BCUT2D eigenvalue weighted by molar-refractivity contribution is 7.71. The third kappa shape index (κ3) is 5.42. The maximum Gasteiger partial charge on any atom is 0.416 e. The van der Waals surface area contributed by atoms with Crippen molar-refractivity contribution in [2.24, 2.45) is 0 Å². The first kappa shape index (κ1) is 24.5. The van der Waals surface area contributed by atoms with Gasteiger partial charge in [-0.25, -0.2) is 0 Å². The monoisotopic (exact) mass is 480 g/mol. The van der Waals surface area contributed by atoms with Crippen LogP contribution < -0.4 is 15.8 Å². The number of ether oxygens (including phenoxy) is 1. The van der Waals surface area contributed by atoms with E-state index < -0.39 is 17.6 Å². The zero-order chi connectivity index (χ0) is 24.3. The van der Waals surface area contributed by atoms with Gasteiger partial charge in [0.1, 0.15) is 0 Å². The van der Waals surface area contributed by atoms with E-state index in [9.17, 15) is 22.8 Å². The van der Waals surface area contributed by atoms with E-state index in [1.54, 1.807) is 26.1 Å². The molecule has 1 aromatic heterocycles. The van der Waals surface area contributed by atoms with Gasteiger partial charge in [-0.3, -0.25) is 14.2 Å². The Hall–Kier alpha value is -3.18. The van der Waals surface area contributed by atoms with Crippen molar-refractivity contribution < 1.29 is 22.7 Å². The fourth-order valence-corrected chi connectivity index (χ4v) is 3.65. The van der Waals surface area contributed by atoms with E-state index in [1.165, 1.54) is 28.8 Å². The molecule has 0 spiro atoms. The van der Waals surface area contributed by atoms with E-state index in [-0.39, 0.29) is 21.6 Å². The molecular weight excluding hydrogens is 457 g/mol. The number of carbonyl (C=O) groups excluding carboxylic acids is 1. The number of nitrogens with zero attached hydrogens (tertiary/aromatic N) is 2. The Balaban J connectivity index is 1.96. The van der Waals surface area contributed by atoms with Gasteiger partial charge >= 0.3 is 6.18 Å². The zero-order valence-electron chi connectivity index (χ0n) is 18.2. The minimum absolute atomic E-state index is 0.0152. The molecule has 0 saturated heterocycles. The lowest BCUT2D eigenvalue weighted by atomic mass is 10.1. The molecule has 3 aromatic rings. The van der Waals surface area contributed by atoms with Crippen molar-refractivity contribution in [2.45, 2.75) is 19.1 Å². The van der Waals surface area contributed by atoms with E-state index in [0.717, 1.165) is 12.1 Å². The Bertz CT molecular complexity index is 1300. The summed E-state index contributed by atoms with van der Waals surface area (Å²) in [7, 11) is 4.88. The number of hydrogen-bond acceptors (Lipinski definition) is 5. The molecule has 0 saturated carbocycles. The summed E-state index contributed by atoms with van der Waals surface area (Å²) in [5.41, 5.74) is -0.231. The van der Waals surface area contributed by atoms with Crippen molar-refractivity contribution in [1.29, 1.82) is 0 Å². The molecule has 0 radical (unpaired) electrons. The highest BCUT2D eigenvalue weighted by atomic mass is 32.1. The van der Waals surface area contributed by atoms with Gasteiger partial charge in [-0.05, 0) is 55.0 Å². The van der Waals surface area contributed by atoms with Crippen molar-refractivity contribution in [3.05, 3.63) is 62.6 Å². The first-order valence-corrected chi connectivity index (χ1v) is 10.4. The standard InChI is InChI=1S/C22H23F3N4O3S/c1-28(2)18-8-6-14(22(23,24)25)12-17(18)26-19(30)13-5-7-15-16(11-13)27-21(33)29(20(15)31)9-4-10-32-3/h5-8,11-12H,4,9-10H2,1-3H3,(H,26,30)(H,27,33). The molecule has 0 atom stereocenters. The van der Waals surface area contributed by atoms with Gasteiger partial charge in [0.25, 0.3) is 11.5 Å². The van der Waals surface area contributed by atoms with Gasteiger partial charge in [-0.1, -0.05) is 0 Å². The van der Waals surface area contributed by atoms with Crippen LogP contribution in [0.15, 0.2) is 41.2 Å². The second-order valence-electron chi connectivity index (χ2n) is 7.57. The Kier molecular flexibility index (Phi) is 7.23. The van der Waals surface area contributed by atoms with Crippen LogP contribution in [0.4, 0.5) is 24.5 Å². The SMILES string of the molecule is COCCCn1c(=S)[nH]c2cc(C(=O)Nc3cc(C(F)(F)F)ccc3N(C)C)ccc2c1=O. The van der Waals surface area contributed by atoms with E-state index in [0.29, 0.717) is 36.2 Å². The molecule has 2 aromatic carbocycles. The number of amides is 1. The van der Waals surface area contributed by atoms with E-state index >= 15 is 0 Å². The van der Waals surface area contributed by atoms with Gasteiger partial charge in [0.15, 0.2) is 4.77 Å². The Morgan fingerprint density at radius 1 is 1.21 bits per heavy atom. The Morgan fingerprint density at radius 3 is 2.58 bits per heavy atom. The van der Waals surface area contributed by atoms with Crippen molar-refractivity contribution in [1.82, 2.24) is 9.55 Å². The molecule has 11 heteroatoms. The molecule has 0 bridgehead atoms. The van der Waals surface area contributed by atoms with Crippen LogP contribution in [0.1, 0.15) is 22.3 Å². The highest BCUT2D eigenvalue weighted by Crippen LogP contribution is 2.35. The molecule has 33 heavy (non-hydrogen) atoms. The number of aromatic nitrogens is 2. The van der Waals surface area contributed by atoms with Gasteiger partial charge in [0.05, 0.1) is 27.8 Å². The van der Waals surface area contributed by atoms with E-state index in [2.05, 4.69) is 10.3 Å². The fourth-order valence-electron chi connectivity index (χ4n) is 3.36. The normalized spacial score (nSPS) is 11.6. The third-order valence-electron chi connectivity index (χ3n) is 5.03. The molecule has 1 heterocycles. The van der Waals surface area contributed by atoms with Crippen LogP contribution >= 0.6 is 12.2 Å². The number of halogens is 3.